The molecule has 1 aromatic heterocycles. The van der Waals surface area contributed by atoms with Crippen LogP contribution in [0.15, 0.2) is 5.38 Å². The van der Waals surface area contributed by atoms with Crippen molar-refractivity contribution in [3.63, 3.8) is 0 Å². The van der Waals surface area contributed by atoms with E-state index in [1.54, 1.807) is 11.8 Å². The molecule has 0 saturated carbocycles. The maximum absolute atomic E-state index is 10.7. The highest BCUT2D eigenvalue weighted by atomic mass is 32.2. The standard InChI is InChI=1S/C8H10NO2S2/c1-11-8(10)2-3-12-4-7-5-13-6-9-7/h5H,2-4H2,1H3. The van der Waals surface area contributed by atoms with Gasteiger partial charge < -0.3 is 4.74 Å². The molecule has 0 aliphatic rings. The van der Waals surface area contributed by atoms with Crippen LogP contribution in [-0.4, -0.2) is 23.8 Å². The lowest BCUT2D eigenvalue weighted by molar-refractivity contribution is -0.140. The second-order valence-electron chi connectivity index (χ2n) is 2.31. The van der Waals surface area contributed by atoms with Gasteiger partial charge in [-0.3, -0.25) is 4.79 Å². The minimum absolute atomic E-state index is 0.155. The Labute approximate surface area is 85.5 Å². The van der Waals surface area contributed by atoms with E-state index in [4.69, 9.17) is 0 Å². The van der Waals surface area contributed by atoms with E-state index in [9.17, 15) is 4.79 Å². The fourth-order valence-electron chi connectivity index (χ4n) is 0.706. The molecular formula is C8H10NO2S2. The van der Waals surface area contributed by atoms with Crippen LogP contribution < -0.4 is 0 Å². The number of carbonyl (C=O) groups excluding carboxylic acids is 1. The Balaban J connectivity index is 2.05. The van der Waals surface area contributed by atoms with Gasteiger partial charge in [0, 0.05) is 16.9 Å². The molecule has 0 unspecified atom stereocenters. The van der Waals surface area contributed by atoms with Crippen molar-refractivity contribution in [2.45, 2.75) is 12.2 Å². The Morgan fingerprint density at radius 1 is 1.85 bits per heavy atom. The quantitative estimate of drug-likeness (QED) is 0.555. The SMILES string of the molecule is COC(=O)CCSCc1cs[c]n1. The number of hydrogen-bond acceptors (Lipinski definition) is 5. The van der Waals surface area contributed by atoms with E-state index in [0.29, 0.717) is 6.42 Å². The van der Waals surface area contributed by atoms with E-state index in [0.717, 1.165) is 17.2 Å². The van der Waals surface area contributed by atoms with Crippen molar-refractivity contribution < 1.29 is 9.53 Å². The van der Waals surface area contributed by atoms with Crippen molar-refractivity contribution in [3.8, 4) is 0 Å². The average molecular weight is 216 g/mol. The van der Waals surface area contributed by atoms with Crippen LogP contribution in [0.25, 0.3) is 0 Å². The van der Waals surface area contributed by atoms with Gasteiger partial charge in [-0.15, -0.1) is 11.3 Å². The molecule has 0 saturated heterocycles. The van der Waals surface area contributed by atoms with Crippen LogP contribution in [0.5, 0.6) is 0 Å². The molecule has 5 heteroatoms. The summed E-state index contributed by atoms with van der Waals surface area (Å²) in [6, 6.07) is 0. The van der Waals surface area contributed by atoms with Gasteiger partial charge in [0.2, 0.25) is 0 Å². The number of rotatable bonds is 5. The summed E-state index contributed by atoms with van der Waals surface area (Å²) in [6.45, 7) is 0. The van der Waals surface area contributed by atoms with E-state index in [2.05, 4.69) is 15.2 Å². The topological polar surface area (TPSA) is 39.2 Å². The van der Waals surface area contributed by atoms with Crippen LogP contribution in [0.3, 0.4) is 0 Å². The van der Waals surface area contributed by atoms with Gasteiger partial charge in [-0.25, -0.2) is 4.98 Å². The first-order chi connectivity index (χ1) is 6.33. The summed E-state index contributed by atoms with van der Waals surface area (Å²) in [5.74, 6) is 1.47. The summed E-state index contributed by atoms with van der Waals surface area (Å²) in [5, 5.41) is 1.96. The largest absolute Gasteiger partial charge is 0.469 e. The van der Waals surface area contributed by atoms with Crippen LogP contribution in [-0.2, 0) is 15.3 Å². The monoisotopic (exact) mass is 216 g/mol. The second-order valence-corrected chi connectivity index (χ2v) is 4.07. The first kappa shape index (κ1) is 10.5. The highest BCUT2D eigenvalue weighted by molar-refractivity contribution is 7.98. The van der Waals surface area contributed by atoms with Crippen molar-refractivity contribution in [2.24, 2.45) is 0 Å². The third-order valence-corrected chi connectivity index (χ3v) is 2.94. The number of methoxy groups -OCH3 is 1. The van der Waals surface area contributed by atoms with E-state index >= 15 is 0 Å². The number of aromatic nitrogens is 1. The summed E-state index contributed by atoms with van der Waals surface area (Å²) >= 11 is 3.15. The van der Waals surface area contributed by atoms with Gasteiger partial charge in [0.05, 0.1) is 19.2 Å². The van der Waals surface area contributed by atoms with Gasteiger partial charge in [0.25, 0.3) is 0 Å². The summed E-state index contributed by atoms with van der Waals surface area (Å²) in [4.78, 5) is 14.7. The van der Waals surface area contributed by atoms with E-state index in [1.807, 2.05) is 5.38 Å². The molecule has 1 radical (unpaired) electrons. The molecule has 0 atom stereocenters. The Bertz CT molecular complexity index is 249. The number of ether oxygens (including phenoxy) is 1. The Morgan fingerprint density at radius 2 is 2.69 bits per heavy atom. The van der Waals surface area contributed by atoms with Crippen molar-refractivity contribution in [1.29, 1.82) is 0 Å². The zero-order valence-electron chi connectivity index (χ0n) is 7.28. The molecule has 0 aliphatic carbocycles. The predicted octanol–water partition coefficient (Wildman–Crippen LogP) is 1.74. The van der Waals surface area contributed by atoms with Crippen LogP contribution in [0, 0.1) is 5.51 Å². The third-order valence-electron chi connectivity index (χ3n) is 1.37. The molecule has 0 amide bonds. The van der Waals surface area contributed by atoms with E-state index < -0.39 is 0 Å². The average Bonchev–Trinajstić information content (AvgIpc) is 2.64. The smallest absolute Gasteiger partial charge is 0.306 e. The predicted molar refractivity (Wildman–Crippen MR) is 53.7 cm³/mol. The first-order valence-corrected chi connectivity index (χ1v) is 5.81. The van der Waals surface area contributed by atoms with Crippen LogP contribution in [0.2, 0.25) is 0 Å². The zero-order chi connectivity index (χ0) is 9.52. The molecule has 0 fully saturated rings. The van der Waals surface area contributed by atoms with Gasteiger partial charge in [-0.2, -0.15) is 11.8 Å². The molecule has 1 aromatic rings. The second kappa shape index (κ2) is 5.99. The van der Waals surface area contributed by atoms with Crippen molar-refractivity contribution in [3.05, 3.63) is 16.6 Å². The van der Waals surface area contributed by atoms with E-state index in [1.165, 1.54) is 18.4 Å². The highest BCUT2D eigenvalue weighted by Gasteiger charge is 2.00. The minimum Gasteiger partial charge on any atom is -0.469 e. The number of carbonyl (C=O) groups is 1. The number of thioether (sulfide) groups is 1. The molecule has 13 heavy (non-hydrogen) atoms. The summed E-state index contributed by atoms with van der Waals surface area (Å²) < 4.78 is 4.52. The summed E-state index contributed by atoms with van der Waals surface area (Å²) in [5.41, 5.74) is 3.80. The number of hydrogen-bond donors (Lipinski definition) is 0. The van der Waals surface area contributed by atoms with Gasteiger partial charge >= 0.3 is 5.97 Å². The van der Waals surface area contributed by atoms with Gasteiger partial charge in [0.1, 0.15) is 0 Å². The van der Waals surface area contributed by atoms with Gasteiger partial charge in [-0.1, -0.05) is 0 Å². The highest BCUT2D eigenvalue weighted by Crippen LogP contribution is 2.12. The van der Waals surface area contributed by atoms with Crippen LogP contribution >= 0.6 is 23.1 Å². The molecule has 0 aliphatic heterocycles. The van der Waals surface area contributed by atoms with Gasteiger partial charge in [0.15, 0.2) is 5.51 Å². The molecule has 0 bridgehead atoms. The molecule has 0 aromatic carbocycles. The van der Waals surface area contributed by atoms with Gasteiger partial charge in [-0.05, 0) is 0 Å². The summed E-state index contributed by atoms with van der Waals surface area (Å²) in [7, 11) is 1.41. The number of esters is 1. The van der Waals surface area contributed by atoms with Crippen LogP contribution in [0.1, 0.15) is 12.1 Å². The fourth-order valence-corrected chi connectivity index (χ4v) is 2.12. The third kappa shape index (κ3) is 4.28. The lowest BCUT2D eigenvalue weighted by atomic mass is 10.5. The first-order valence-electron chi connectivity index (χ1n) is 3.78. The number of nitrogens with zero attached hydrogens (tertiary/aromatic N) is 1. The molecule has 0 spiro atoms. The molecular weight excluding hydrogens is 206 g/mol. The van der Waals surface area contributed by atoms with Crippen molar-refractivity contribution >= 4 is 29.1 Å². The maximum Gasteiger partial charge on any atom is 0.306 e. The fraction of sp³-hybridized carbons (Fsp3) is 0.500. The number of thiazole rings is 1. The lowest BCUT2D eigenvalue weighted by Crippen LogP contribution is -2.01. The van der Waals surface area contributed by atoms with Crippen molar-refractivity contribution in [1.82, 2.24) is 4.98 Å². The normalized spacial score (nSPS) is 9.92. The molecule has 1 rings (SSSR count). The minimum atomic E-state index is -0.155. The lowest BCUT2D eigenvalue weighted by Gasteiger charge is -1.97. The Morgan fingerprint density at radius 3 is 3.31 bits per heavy atom. The van der Waals surface area contributed by atoms with E-state index in [-0.39, 0.29) is 5.97 Å². The maximum atomic E-state index is 10.7. The Kier molecular flexibility index (Phi) is 4.85. The molecule has 0 N–H and O–H groups in total. The molecule has 1 heterocycles. The van der Waals surface area contributed by atoms with Crippen LogP contribution in [0.4, 0.5) is 0 Å². The zero-order valence-corrected chi connectivity index (χ0v) is 8.91. The molecule has 71 valence electrons. The molecule has 3 nitrogen and oxygen atoms in total. The Hall–Kier alpha value is -0.550. The summed E-state index contributed by atoms with van der Waals surface area (Å²) in [6.07, 6.45) is 0.467. The van der Waals surface area contributed by atoms with Crippen molar-refractivity contribution in [2.75, 3.05) is 12.9 Å².